The molecule has 0 fully saturated rings. The first-order valence-corrected chi connectivity index (χ1v) is 2.80. The predicted octanol–water partition coefficient (Wildman–Crippen LogP) is 1.04. The third kappa shape index (κ3) is 1.21. The zero-order valence-corrected chi connectivity index (χ0v) is 5.23. The van der Waals surface area contributed by atoms with E-state index in [0.717, 1.165) is 0 Å². The van der Waals surface area contributed by atoms with Gasteiger partial charge in [0.2, 0.25) is 0 Å². The lowest BCUT2D eigenvalue weighted by molar-refractivity contribution is 0.00444. The maximum Gasteiger partial charge on any atom is 0.291 e. The van der Waals surface area contributed by atoms with E-state index in [9.17, 15) is 0 Å². The number of hydrogen-bond acceptors (Lipinski definition) is 1. The van der Waals surface area contributed by atoms with Gasteiger partial charge in [0.05, 0.1) is 5.56 Å². The van der Waals surface area contributed by atoms with Crippen LogP contribution in [0.3, 0.4) is 0 Å². The van der Waals surface area contributed by atoms with Gasteiger partial charge >= 0.3 is 0 Å². The number of benzene rings is 1. The SMILES string of the molecule is [N-]=[N+]=Cc1ccccc1O. The highest BCUT2D eigenvalue weighted by atomic mass is 16.3. The van der Waals surface area contributed by atoms with Crippen molar-refractivity contribution in [3.05, 3.63) is 35.4 Å². The molecule has 3 heteroatoms. The molecule has 0 heterocycles. The summed E-state index contributed by atoms with van der Waals surface area (Å²) >= 11 is 0. The molecule has 1 aromatic rings. The molecule has 0 spiro atoms. The van der Waals surface area contributed by atoms with Gasteiger partial charge in [-0.15, -0.1) is 0 Å². The molecule has 10 heavy (non-hydrogen) atoms. The third-order valence-corrected chi connectivity index (χ3v) is 1.13. The topological polar surface area (TPSA) is 56.6 Å². The number of aromatic hydroxyl groups is 1. The lowest BCUT2D eigenvalue weighted by Crippen LogP contribution is -1.80. The van der Waals surface area contributed by atoms with E-state index in [4.69, 9.17) is 10.6 Å². The van der Waals surface area contributed by atoms with Crippen LogP contribution in [-0.4, -0.2) is 16.1 Å². The predicted molar refractivity (Wildman–Crippen MR) is 36.9 cm³/mol. The molecule has 0 aliphatic heterocycles. The highest BCUT2D eigenvalue weighted by Gasteiger charge is 1.97. The molecule has 0 amide bonds. The van der Waals surface area contributed by atoms with E-state index in [2.05, 4.69) is 4.79 Å². The molecule has 0 atom stereocenters. The average molecular weight is 134 g/mol. The Bertz CT molecular complexity index is 277. The number of nitrogens with zero attached hydrogens (tertiary/aromatic N) is 2. The molecule has 0 unspecified atom stereocenters. The number of para-hydroxylation sites is 1. The number of phenols is 1. The van der Waals surface area contributed by atoms with Gasteiger partial charge in [-0.25, -0.2) is 0 Å². The van der Waals surface area contributed by atoms with Gasteiger partial charge in [-0.2, -0.15) is 4.79 Å². The molecule has 1 N–H and O–H groups in total. The Balaban J connectivity index is 3.14. The largest absolute Gasteiger partial charge is 0.507 e. The van der Waals surface area contributed by atoms with Crippen molar-refractivity contribution in [1.29, 1.82) is 0 Å². The van der Waals surface area contributed by atoms with Crippen molar-refractivity contribution in [1.82, 2.24) is 0 Å². The first kappa shape index (κ1) is 6.52. The number of hydrogen-bond donors (Lipinski definition) is 1. The van der Waals surface area contributed by atoms with Gasteiger partial charge in [0.15, 0.2) is 0 Å². The molecule has 1 rings (SSSR count). The summed E-state index contributed by atoms with van der Waals surface area (Å²) < 4.78 is 0. The van der Waals surface area contributed by atoms with Gasteiger partial charge in [0.25, 0.3) is 6.21 Å². The van der Waals surface area contributed by atoms with Crippen molar-refractivity contribution in [2.24, 2.45) is 0 Å². The Labute approximate surface area is 58.2 Å². The van der Waals surface area contributed by atoms with E-state index in [1.54, 1.807) is 18.2 Å². The second-order valence-electron chi connectivity index (χ2n) is 1.80. The fourth-order valence-corrected chi connectivity index (χ4v) is 0.659. The summed E-state index contributed by atoms with van der Waals surface area (Å²) in [6.07, 6.45) is 1.18. The van der Waals surface area contributed by atoms with Gasteiger partial charge in [0, 0.05) is 0 Å². The van der Waals surface area contributed by atoms with Crippen LogP contribution in [0, 0.1) is 0 Å². The Morgan fingerprint density at radius 1 is 1.40 bits per heavy atom. The molecule has 0 aromatic heterocycles. The van der Waals surface area contributed by atoms with E-state index in [0.29, 0.717) is 5.56 Å². The van der Waals surface area contributed by atoms with E-state index in [1.165, 1.54) is 12.3 Å². The molecule has 0 aliphatic carbocycles. The van der Waals surface area contributed by atoms with Crippen LogP contribution in [-0.2, 0) is 0 Å². The molecule has 3 nitrogen and oxygen atoms in total. The van der Waals surface area contributed by atoms with Crippen molar-refractivity contribution in [2.75, 3.05) is 0 Å². The first-order valence-electron chi connectivity index (χ1n) is 2.80. The zero-order valence-electron chi connectivity index (χ0n) is 5.23. The number of rotatable bonds is 1. The summed E-state index contributed by atoms with van der Waals surface area (Å²) in [5.74, 6) is 0.111. The minimum absolute atomic E-state index is 0.111. The van der Waals surface area contributed by atoms with Crippen LogP contribution in [0.2, 0.25) is 0 Å². The van der Waals surface area contributed by atoms with Crippen molar-refractivity contribution < 1.29 is 9.90 Å². The lowest BCUT2D eigenvalue weighted by atomic mass is 10.2. The lowest BCUT2D eigenvalue weighted by Gasteiger charge is -1.89. The maximum absolute atomic E-state index is 9.04. The van der Waals surface area contributed by atoms with Crippen LogP contribution >= 0.6 is 0 Å². The quantitative estimate of drug-likeness (QED) is 0.348. The fourth-order valence-electron chi connectivity index (χ4n) is 0.659. The highest BCUT2D eigenvalue weighted by Crippen LogP contribution is 2.11. The molecule has 0 radical (unpaired) electrons. The smallest absolute Gasteiger partial charge is 0.291 e. The molecule has 0 aliphatic rings. The van der Waals surface area contributed by atoms with Crippen LogP contribution in [0.4, 0.5) is 0 Å². The van der Waals surface area contributed by atoms with Crippen LogP contribution < -0.4 is 0 Å². The van der Waals surface area contributed by atoms with Gasteiger partial charge in [0.1, 0.15) is 5.75 Å². The standard InChI is InChI=1S/C7H6N2O/c8-9-5-6-3-1-2-4-7(6)10/h1-5,10H. The minimum atomic E-state index is 0.111. The van der Waals surface area contributed by atoms with E-state index in [-0.39, 0.29) is 5.75 Å². The Morgan fingerprint density at radius 2 is 2.10 bits per heavy atom. The Hall–Kier alpha value is -1.60. The van der Waals surface area contributed by atoms with Gasteiger partial charge in [-0.05, 0) is 12.1 Å². The summed E-state index contributed by atoms with van der Waals surface area (Å²) in [7, 11) is 0. The molecule has 0 saturated heterocycles. The number of phenolic OH excluding ortho intramolecular Hbond substituents is 1. The monoisotopic (exact) mass is 134 g/mol. The van der Waals surface area contributed by atoms with E-state index >= 15 is 0 Å². The average Bonchev–Trinajstić information content (AvgIpc) is 1.94. The first-order chi connectivity index (χ1) is 4.84. The summed E-state index contributed by atoms with van der Waals surface area (Å²) in [4.78, 5) is 2.78. The van der Waals surface area contributed by atoms with Crippen LogP contribution in [0.25, 0.3) is 5.53 Å². The Kier molecular flexibility index (Phi) is 1.83. The summed E-state index contributed by atoms with van der Waals surface area (Å²) in [5, 5.41) is 9.04. The summed E-state index contributed by atoms with van der Waals surface area (Å²) in [5.41, 5.74) is 8.61. The van der Waals surface area contributed by atoms with Crippen molar-refractivity contribution in [2.45, 2.75) is 0 Å². The van der Waals surface area contributed by atoms with E-state index in [1.807, 2.05) is 0 Å². The molecule has 1 aromatic carbocycles. The Morgan fingerprint density at radius 3 is 2.70 bits per heavy atom. The van der Waals surface area contributed by atoms with Gasteiger partial charge in [-0.3, -0.25) is 0 Å². The van der Waals surface area contributed by atoms with Crippen LogP contribution in [0.1, 0.15) is 5.56 Å². The highest BCUT2D eigenvalue weighted by molar-refractivity contribution is 5.78. The van der Waals surface area contributed by atoms with E-state index < -0.39 is 0 Å². The van der Waals surface area contributed by atoms with Crippen molar-refractivity contribution >= 4 is 6.21 Å². The zero-order chi connectivity index (χ0) is 7.40. The summed E-state index contributed by atoms with van der Waals surface area (Å²) in [6.45, 7) is 0. The van der Waals surface area contributed by atoms with Crippen LogP contribution in [0.15, 0.2) is 24.3 Å². The second kappa shape index (κ2) is 2.80. The molecular formula is C7H6N2O. The summed E-state index contributed by atoms with van der Waals surface area (Å²) in [6, 6.07) is 6.62. The van der Waals surface area contributed by atoms with Crippen molar-refractivity contribution in [3.8, 4) is 5.75 Å². The molecular weight excluding hydrogens is 128 g/mol. The maximum atomic E-state index is 9.04. The molecule has 0 bridgehead atoms. The van der Waals surface area contributed by atoms with Gasteiger partial charge in [-0.1, -0.05) is 12.1 Å². The molecule has 50 valence electrons. The second-order valence-corrected chi connectivity index (χ2v) is 1.80. The normalized spacial score (nSPS) is 8.40. The minimum Gasteiger partial charge on any atom is -0.507 e. The van der Waals surface area contributed by atoms with Crippen molar-refractivity contribution in [3.63, 3.8) is 0 Å². The third-order valence-electron chi connectivity index (χ3n) is 1.13. The van der Waals surface area contributed by atoms with Crippen LogP contribution in [0.5, 0.6) is 5.75 Å². The van der Waals surface area contributed by atoms with Gasteiger partial charge < -0.3 is 10.6 Å². The fraction of sp³-hybridized carbons (Fsp3) is 0. The molecule has 0 saturated carbocycles.